The van der Waals surface area contributed by atoms with Crippen LogP contribution in [0.15, 0.2) is 0 Å². The molecule has 1 heterocycles. The van der Waals surface area contributed by atoms with Gasteiger partial charge in [-0.25, -0.2) is 8.42 Å². The second-order valence-electron chi connectivity index (χ2n) is 4.04. The molecule has 1 rings (SSSR count). The maximum Gasteiger partial charge on any atom is 0.238 e. The van der Waals surface area contributed by atoms with Gasteiger partial charge in [0.2, 0.25) is 15.9 Å². The first kappa shape index (κ1) is 13.4. The van der Waals surface area contributed by atoms with Gasteiger partial charge in [0.25, 0.3) is 0 Å². The average Bonchev–Trinajstić information content (AvgIpc) is 2.16. The molecule has 6 nitrogen and oxygen atoms in total. The van der Waals surface area contributed by atoms with Crippen molar-refractivity contribution in [3.8, 4) is 0 Å². The Bertz CT molecular complexity index is 355. The lowest BCUT2D eigenvalue weighted by atomic mass is 10.3. The molecule has 94 valence electrons. The summed E-state index contributed by atoms with van der Waals surface area (Å²) >= 11 is 0. The minimum Gasteiger partial charge on any atom is -0.375 e. The molecule has 16 heavy (non-hydrogen) atoms. The zero-order chi connectivity index (χ0) is 12.3. The molecule has 0 aromatic carbocycles. The summed E-state index contributed by atoms with van der Waals surface area (Å²) < 4.78 is 28.6. The van der Waals surface area contributed by atoms with Crippen LogP contribution in [0.1, 0.15) is 6.92 Å². The number of amides is 1. The molecular weight excluding hydrogens is 232 g/mol. The minimum atomic E-state index is -3.30. The van der Waals surface area contributed by atoms with Crippen LogP contribution in [0.3, 0.4) is 0 Å². The van der Waals surface area contributed by atoms with Gasteiger partial charge in [0.15, 0.2) is 0 Å². The number of morpholine rings is 1. The normalized spacial score (nSPS) is 22.5. The fraction of sp³-hybridized carbons (Fsp3) is 0.889. The Labute approximate surface area is 96.2 Å². The van der Waals surface area contributed by atoms with Gasteiger partial charge in [0, 0.05) is 20.1 Å². The van der Waals surface area contributed by atoms with Crippen LogP contribution < -0.4 is 0 Å². The zero-order valence-electron chi connectivity index (χ0n) is 9.84. The summed E-state index contributed by atoms with van der Waals surface area (Å²) in [5, 5.41) is 0. The van der Waals surface area contributed by atoms with Gasteiger partial charge in [0.1, 0.15) is 0 Å². The van der Waals surface area contributed by atoms with Crippen molar-refractivity contribution in [3.63, 3.8) is 0 Å². The summed E-state index contributed by atoms with van der Waals surface area (Å²) in [7, 11) is -1.90. The van der Waals surface area contributed by atoms with Crippen LogP contribution in [0.25, 0.3) is 0 Å². The fourth-order valence-electron chi connectivity index (χ4n) is 1.45. The SMILES string of the molecule is C[C@@H]1CN(C(=O)CN(C)S(C)(=O)=O)CCO1. The van der Waals surface area contributed by atoms with Crippen LogP contribution in [-0.4, -0.2) is 69.2 Å². The summed E-state index contributed by atoms with van der Waals surface area (Å²) in [6.07, 6.45) is 1.10. The highest BCUT2D eigenvalue weighted by molar-refractivity contribution is 7.88. The van der Waals surface area contributed by atoms with Gasteiger partial charge in [-0.3, -0.25) is 4.79 Å². The van der Waals surface area contributed by atoms with Crippen molar-refractivity contribution in [2.45, 2.75) is 13.0 Å². The smallest absolute Gasteiger partial charge is 0.238 e. The molecule has 1 saturated heterocycles. The molecular formula is C9H18N2O4S. The molecule has 0 bridgehead atoms. The molecule has 7 heteroatoms. The van der Waals surface area contributed by atoms with Crippen LogP contribution in [0.2, 0.25) is 0 Å². The van der Waals surface area contributed by atoms with E-state index in [-0.39, 0.29) is 18.6 Å². The molecule has 1 fully saturated rings. The molecule has 0 aromatic heterocycles. The van der Waals surface area contributed by atoms with E-state index in [9.17, 15) is 13.2 Å². The Hall–Kier alpha value is -0.660. The number of hydrogen-bond donors (Lipinski definition) is 0. The van der Waals surface area contributed by atoms with E-state index in [0.29, 0.717) is 19.7 Å². The van der Waals surface area contributed by atoms with Crippen molar-refractivity contribution >= 4 is 15.9 Å². The van der Waals surface area contributed by atoms with Gasteiger partial charge in [-0.2, -0.15) is 4.31 Å². The Balaban J connectivity index is 2.52. The zero-order valence-corrected chi connectivity index (χ0v) is 10.7. The topological polar surface area (TPSA) is 66.9 Å². The summed E-state index contributed by atoms with van der Waals surface area (Å²) in [6, 6.07) is 0. The first-order chi connectivity index (χ1) is 7.30. The van der Waals surface area contributed by atoms with Gasteiger partial charge < -0.3 is 9.64 Å². The van der Waals surface area contributed by atoms with Crippen LogP contribution in [0.4, 0.5) is 0 Å². The highest BCUT2D eigenvalue weighted by Gasteiger charge is 2.24. The Morgan fingerprint density at radius 3 is 2.69 bits per heavy atom. The number of nitrogens with zero attached hydrogens (tertiary/aromatic N) is 2. The van der Waals surface area contributed by atoms with E-state index in [2.05, 4.69) is 0 Å². The van der Waals surface area contributed by atoms with Crippen molar-refractivity contribution in [3.05, 3.63) is 0 Å². The second kappa shape index (κ2) is 5.11. The van der Waals surface area contributed by atoms with Crippen molar-refractivity contribution in [2.24, 2.45) is 0 Å². The highest BCUT2D eigenvalue weighted by Crippen LogP contribution is 2.05. The van der Waals surface area contributed by atoms with E-state index in [0.717, 1.165) is 10.6 Å². The quantitative estimate of drug-likeness (QED) is 0.653. The Morgan fingerprint density at radius 2 is 2.19 bits per heavy atom. The van der Waals surface area contributed by atoms with E-state index < -0.39 is 10.0 Å². The number of sulfonamides is 1. The average molecular weight is 250 g/mol. The predicted octanol–water partition coefficient (Wildman–Crippen LogP) is -0.875. The Kier molecular flexibility index (Phi) is 4.28. The standard InChI is InChI=1S/C9H18N2O4S/c1-8-6-11(4-5-15-8)9(12)7-10(2)16(3,13)14/h8H,4-7H2,1-3H3/t8-/m1/s1. The predicted molar refractivity (Wildman–Crippen MR) is 59.5 cm³/mol. The van der Waals surface area contributed by atoms with Crippen LogP contribution in [0.5, 0.6) is 0 Å². The second-order valence-corrected chi connectivity index (χ2v) is 6.13. The van der Waals surface area contributed by atoms with Gasteiger partial charge in [-0.15, -0.1) is 0 Å². The molecule has 1 aliphatic heterocycles. The van der Waals surface area contributed by atoms with E-state index in [4.69, 9.17) is 4.74 Å². The lowest BCUT2D eigenvalue weighted by Gasteiger charge is -2.32. The summed E-state index contributed by atoms with van der Waals surface area (Å²) in [5.41, 5.74) is 0. The van der Waals surface area contributed by atoms with Crippen molar-refractivity contribution < 1.29 is 17.9 Å². The third-order valence-electron chi connectivity index (χ3n) is 2.52. The van der Waals surface area contributed by atoms with Crippen LogP contribution in [-0.2, 0) is 19.6 Å². The van der Waals surface area contributed by atoms with Crippen molar-refractivity contribution in [1.82, 2.24) is 9.21 Å². The monoisotopic (exact) mass is 250 g/mol. The summed E-state index contributed by atoms with van der Waals surface area (Å²) in [6.45, 7) is 3.35. The molecule has 1 amide bonds. The molecule has 0 radical (unpaired) electrons. The molecule has 0 spiro atoms. The van der Waals surface area contributed by atoms with E-state index in [1.54, 1.807) is 4.90 Å². The van der Waals surface area contributed by atoms with E-state index in [1.165, 1.54) is 7.05 Å². The highest BCUT2D eigenvalue weighted by atomic mass is 32.2. The molecule has 0 aromatic rings. The number of rotatable bonds is 3. The molecule has 0 unspecified atom stereocenters. The number of hydrogen-bond acceptors (Lipinski definition) is 4. The molecule has 0 saturated carbocycles. The van der Waals surface area contributed by atoms with Gasteiger partial charge in [-0.05, 0) is 6.92 Å². The van der Waals surface area contributed by atoms with E-state index in [1.807, 2.05) is 6.92 Å². The van der Waals surface area contributed by atoms with Crippen molar-refractivity contribution in [1.29, 1.82) is 0 Å². The summed E-state index contributed by atoms with van der Waals surface area (Å²) in [4.78, 5) is 13.4. The van der Waals surface area contributed by atoms with Gasteiger partial charge in [0.05, 0.1) is 25.5 Å². The minimum absolute atomic E-state index is 0.0150. The van der Waals surface area contributed by atoms with E-state index >= 15 is 0 Å². The molecule has 1 aliphatic rings. The maximum absolute atomic E-state index is 11.8. The van der Waals surface area contributed by atoms with Gasteiger partial charge in [-0.1, -0.05) is 0 Å². The Morgan fingerprint density at radius 1 is 1.56 bits per heavy atom. The largest absolute Gasteiger partial charge is 0.375 e. The van der Waals surface area contributed by atoms with Crippen molar-refractivity contribution in [2.75, 3.05) is 39.5 Å². The molecule has 0 aliphatic carbocycles. The third-order valence-corrected chi connectivity index (χ3v) is 3.78. The first-order valence-electron chi connectivity index (χ1n) is 5.11. The lowest BCUT2D eigenvalue weighted by Crippen LogP contribution is -2.48. The van der Waals surface area contributed by atoms with Gasteiger partial charge >= 0.3 is 0 Å². The molecule has 1 atom stereocenters. The third kappa shape index (κ3) is 3.73. The number of carbonyl (C=O) groups excluding carboxylic acids is 1. The lowest BCUT2D eigenvalue weighted by molar-refractivity contribution is -0.138. The first-order valence-corrected chi connectivity index (χ1v) is 6.96. The number of carbonyl (C=O) groups is 1. The van der Waals surface area contributed by atoms with Crippen LogP contribution >= 0.6 is 0 Å². The number of ether oxygens (including phenoxy) is 1. The summed E-state index contributed by atoms with van der Waals surface area (Å²) in [5.74, 6) is -0.178. The fourth-order valence-corrected chi connectivity index (χ4v) is 1.80. The van der Waals surface area contributed by atoms with Crippen LogP contribution in [0, 0.1) is 0 Å². The number of likely N-dealkylation sites (N-methyl/N-ethyl adjacent to an activating group) is 1. The maximum atomic E-state index is 11.8. The molecule has 0 N–H and O–H groups in total.